The van der Waals surface area contributed by atoms with E-state index in [2.05, 4.69) is 0 Å². The predicted molar refractivity (Wildman–Crippen MR) is 44.0 cm³/mol. The largest absolute Gasteiger partial charge is 0.443 e. The highest BCUT2D eigenvalue weighted by atomic mass is 16.2. The van der Waals surface area contributed by atoms with Crippen LogP contribution >= 0.6 is 0 Å². The van der Waals surface area contributed by atoms with Crippen LogP contribution in [0.4, 0.5) is 0 Å². The van der Waals surface area contributed by atoms with Crippen LogP contribution in [-0.4, -0.2) is 10.9 Å². The third-order valence-corrected chi connectivity index (χ3v) is 1.18. The molecule has 0 saturated heterocycles. The summed E-state index contributed by atoms with van der Waals surface area (Å²) < 4.78 is 0. The van der Waals surface area contributed by atoms with Gasteiger partial charge in [0.25, 0.3) is 6.26 Å². The van der Waals surface area contributed by atoms with Crippen LogP contribution in [0.5, 0.6) is 0 Å². The Labute approximate surface area is 70.9 Å². The summed E-state index contributed by atoms with van der Waals surface area (Å²) in [5.74, 6) is 0.121. The summed E-state index contributed by atoms with van der Waals surface area (Å²) in [7, 11) is 0. The van der Waals surface area contributed by atoms with Gasteiger partial charge in [-0.3, -0.25) is 4.79 Å². The molecular weight excluding hydrogens is 154 g/mol. The molecule has 0 saturated carbocycles. The first-order valence-electron chi connectivity index (χ1n) is 3.31. The van der Waals surface area contributed by atoms with Crippen LogP contribution in [0, 0.1) is 11.5 Å². The number of aliphatic hydroxyl groups excluding tert-OH is 1. The van der Waals surface area contributed by atoms with E-state index in [-0.39, 0.29) is 5.78 Å². The van der Waals surface area contributed by atoms with Crippen LogP contribution in [0.1, 0.15) is 17.3 Å². The Morgan fingerprint density at radius 3 is 2.08 bits per heavy atom. The van der Waals surface area contributed by atoms with E-state index >= 15 is 0 Å². The van der Waals surface area contributed by atoms with Gasteiger partial charge in [-0.2, -0.15) is 5.26 Å². The van der Waals surface area contributed by atoms with Crippen molar-refractivity contribution < 1.29 is 9.90 Å². The number of nitriles is 1. The van der Waals surface area contributed by atoms with Gasteiger partial charge in [0.05, 0.1) is 0 Å². The number of hydrogen-bond donors (Lipinski definition) is 1. The van der Waals surface area contributed by atoms with Gasteiger partial charge in [-0.25, -0.2) is 0 Å². The molecule has 0 aliphatic heterocycles. The zero-order valence-electron chi connectivity index (χ0n) is 6.69. The van der Waals surface area contributed by atoms with E-state index in [1.165, 1.54) is 0 Å². The Morgan fingerprint density at radius 2 is 1.83 bits per heavy atom. The number of carbonyl (C=O) groups is 1. The minimum absolute atomic E-state index is 0.121. The molecule has 1 N–H and O–H groups in total. The van der Waals surface area contributed by atoms with Crippen LogP contribution in [0.25, 0.3) is 0 Å². The smallest absolute Gasteiger partial charge is 0.283 e. The van der Waals surface area contributed by atoms with Crippen molar-refractivity contribution in [1.29, 1.82) is 5.26 Å². The van der Waals surface area contributed by atoms with Crippen molar-refractivity contribution in [3.63, 3.8) is 0 Å². The highest BCUT2D eigenvalue weighted by Gasteiger charge is 1.92. The summed E-state index contributed by atoms with van der Waals surface area (Å²) in [6.07, 6.45) is 0.750. The third-order valence-electron chi connectivity index (χ3n) is 1.18. The summed E-state index contributed by atoms with van der Waals surface area (Å²) in [4.78, 5) is 10.6. The fourth-order valence-corrected chi connectivity index (χ4v) is 0.673. The van der Waals surface area contributed by atoms with Crippen LogP contribution in [0.3, 0.4) is 0 Å². The second-order valence-corrected chi connectivity index (χ2v) is 2.02. The molecule has 1 rings (SSSR count). The van der Waals surface area contributed by atoms with Gasteiger partial charge < -0.3 is 5.11 Å². The number of aliphatic hydroxyl groups is 1. The molecule has 0 aliphatic carbocycles. The van der Waals surface area contributed by atoms with E-state index in [0.29, 0.717) is 0 Å². The maximum Gasteiger partial charge on any atom is 0.283 e. The molecule has 0 radical (unpaired) electrons. The van der Waals surface area contributed by atoms with Crippen LogP contribution in [0.15, 0.2) is 30.3 Å². The SMILES string of the molecule is CC(=O)c1ccccc1.N#CO. The number of rotatable bonds is 1. The Balaban J connectivity index is 0.000000354. The van der Waals surface area contributed by atoms with E-state index in [0.717, 1.165) is 11.8 Å². The number of benzene rings is 1. The third kappa shape index (κ3) is 4.07. The second kappa shape index (κ2) is 5.93. The molecule has 0 unspecified atom stereocenters. The molecule has 3 nitrogen and oxygen atoms in total. The molecule has 3 heteroatoms. The summed E-state index contributed by atoms with van der Waals surface area (Å²) in [5, 5.41) is 13.8. The first-order chi connectivity index (χ1) is 5.72. The Morgan fingerprint density at radius 1 is 1.42 bits per heavy atom. The van der Waals surface area contributed by atoms with Crippen molar-refractivity contribution in [1.82, 2.24) is 0 Å². The number of ketones is 1. The van der Waals surface area contributed by atoms with E-state index in [9.17, 15) is 4.79 Å². The van der Waals surface area contributed by atoms with Gasteiger partial charge in [0.2, 0.25) is 0 Å². The minimum atomic E-state index is 0.121. The standard InChI is InChI=1S/C8H8O.CHNO/c1-7(9)8-5-3-2-4-6-8;2-1-3/h2-6H,1H3;3H. The van der Waals surface area contributed by atoms with Gasteiger partial charge in [-0.1, -0.05) is 30.3 Å². The fourth-order valence-electron chi connectivity index (χ4n) is 0.673. The molecule has 0 bridgehead atoms. The zero-order chi connectivity index (χ0) is 9.40. The van der Waals surface area contributed by atoms with Gasteiger partial charge in [-0.15, -0.1) is 0 Å². The molecule has 12 heavy (non-hydrogen) atoms. The highest BCUT2D eigenvalue weighted by Crippen LogP contribution is 1.97. The lowest BCUT2D eigenvalue weighted by Gasteiger charge is -1.89. The molecule has 1 aromatic carbocycles. The molecule has 0 aliphatic rings. The lowest BCUT2D eigenvalue weighted by molar-refractivity contribution is 0.101. The molecule has 0 atom stereocenters. The van der Waals surface area contributed by atoms with Gasteiger partial charge in [0.1, 0.15) is 0 Å². The van der Waals surface area contributed by atoms with E-state index in [4.69, 9.17) is 10.4 Å². The van der Waals surface area contributed by atoms with Crippen molar-refractivity contribution in [2.75, 3.05) is 0 Å². The summed E-state index contributed by atoms with van der Waals surface area (Å²) in [6.45, 7) is 1.56. The molecule has 0 fully saturated rings. The lowest BCUT2D eigenvalue weighted by atomic mass is 10.2. The summed E-state index contributed by atoms with van der Waals surface area (Å²) in [5.41, 5.74) is 0.775. The Bertz CT molecular complexity index is 274. The molecule has 1 aromatic rings. The normalized spacial score (nSPS) is 7.33. The van der Waals surface area contributed by atoms with E-state index in [1.54, 1.807) is 6.92 Å². The summed E-state index contributed by atoms with van der Waals surface area (Å²) in [6, 6.07) is 9.23. The van der Waals surface area contributed by atoms with Gasteiger partial charge in [-0.05, 0) is 6.92 Å². The Hall–Kier alpha value is -1.82. The molecule has 0 heterocycles. The molecule has 62 valence electrons. The van der Waals surface area contributed by atoms with Gasteiger partial charge in [0.15, 0.2) is 5.78 Å². The topological polar surface area (TPSA) is 61.1 Å². The second-order valence-electron chi connectivity index (χ2n) is 2.02. The first kappa shape index (κ1) is 10.2. The minimum Gasteiger partial charge on any atom is -0.443 e. The summed E-state index contributed by atoms with van der Waals surface area (Å²) >= 11 is 0. The molecular formula is C9H9NO2. The van der Waals surface area contributed by atoms with Crippen molar-refractivity contribution in [3.05, 3.63) is 35.9 Å². The number of carbonyl (C=O) groups excluding carboxylic acids is 1. The number of Topliss-reactive ketones (excluding diaryl/α,β-unsaturated/α-hetero) is 1. The number of hydrogen-bond acceptors (Lipinski definition) is 3. The van der Waals surface area contributed by atoms with Crippen molar-refractivity contribution in [2.24, 2.45) is 0 Å². The average Bonchev–Trinajstić information content (AvgIpc) is 2.07. The quantitative estimate of drug-likeness (QED) is 0.506. The van der Waals surface area contributed by atoms with Crippen LogP contribution < -0.4 is 0 Å². The van der Waals surface area contributed by atoms with Crippen LogP contribution in [-0.2, 0) is 0 Å². The van der Waals surface area contributed by atoms with Gasteiger partial charge >= 0.3 is 0 Å². The Kier molecular flexibility index (Phi) is 5.03. The van der Waals surface area contributed by atoms with Crippen molar-refractivity contribution in [3.8, 4) is 6.26 Å². The van der Waals surface area contributed by atoms with Gasteiger partial charge in [0, 0.05) is 5.56 Å². The maximum atomic E-state index is 10.6. The number of nitrogens with zero attached hydrogens (tertiary/aromatic N) is 1. The predicted octanol–water partition coefficient (Wildman–Crippen LogP) is 1.73. The lowest BCUT2D eigenvalue weighted by Crippen LogP contribution is -1.88. The fraction of sp³-hybridized carbons (Fsp3) is 0.111. The monoisotopic (exact) mass is 163 g/mol. The van der Waals surface area contributed by atoms with E-state index in [1.807, 2.05) is 30.3 Å². The molecule has 0 amide bonds. The van der Waals surface area contributed by atoms with Crippen molar-refractivity contribution >= 4 is 5.78 Å². The highest BCUT2D eigenvalue weighted by molar-refractivity contribution is 5.93. The van der Waals surface area contributed by atoms with Crippen molar-refractivity contribution in [2.45, 2.75) is 6.92 Å². The zero-order valence-corrected chi connectivity index (χ0v) is 6.69. The first-order valence-corrected chi connectivity index (χ1v) is 3.31. The molecule has 0 aromatic heterocycles. The average molecular weight is 163 g/mol. The molecule has 0 spiro atoms. The van der Waals surface area contributed by atoms with E-state index < -0.39 is 0 Å². The maximum absolute atomic E-state index is 10.6. The van der Waals surface area contributed by atoms with Crippen LogP contribution in [0.2, 0.25) is 0 Å².